The minimum Gasteiger partial charge on any atom is -0.179 e. The molecule has 1 heteroatoms. The van der Waals surface area contributed by atoms with Gasteiger partial charge in [0.1, 0.15) is 0 Å². The molecule has 8 rings (SSSR count). The van der Waals surface area contributed by atoms with Gasteiger partial charge in [0.2, 0.25) is 0 Å². The zero-order chi connectivity index (χ0) is 35.8. The van der Waals surface area contributed by atoms with Gasteiger partial charge in [0, 0.05) is 0 Å². The third-order valence-electron chi connectivity index (χ3n) is 11.0. The molecule has 0 atom stereocenters. The zero-order valence-electron chi connectivity index (χ0n) is 30.6. The molecule has 0 heterocycles. The van der Waals surface area contributed by atoms with Gasteiger partial charge in [-0.05, 0) is 126 Å². The van der Waals surface area contributed by atoms with Crippen LogP contribution in [0.25, 0.3) is 76.8 Å². The molecule has 262 valence electrons. The van der Waals surface area contributed by atoms with Crippen molar-refractivity contribution in [2.45, 2.75) is 57.8 Å². The summed E-state index contributed by atoms with van der Waals surface area (Å²) in [7, 11) is 0. The van der Waals surface area contributed by atoms with E-state index in [4.69, 9.17) is 0 Å². The van der Waals surface area contributed by atoms with E-state index in [1.165, 1.54) is 134 Å². The molecule has 8 aromatic carbocycles. The van der Waals surface area contributed by atoms with E-state index in [1.807, 2.05) is 0 Å². The van der Waals surface area contributed by atoms with Crippen LogP contribution < -0.4 is 0 Å². The van der Waals surface area contributed by atoms with E-state index in [1.54, 1.807) is 0 Å². The van der Waals surface area contributed by atoms with Gasteiger partial charge < -0.3 is 0 Å². The first kappa shape index (κ1) is 34.9. The van der Waals surface area contributed by atoms with Crippen molar-refractivity contribution in [2.75, 3.05) is 5.75 Å². The van der Waals surface area contributed by atoms with Gasteiger partial charge >= 0.3 is 0 Å². The summed E-state index contributed by atoms with van der Waals surface area (Å²) >= 11 is 4.35. The lowest BCUT2D eigenvalue weighted by atomic mass is 9.83. The molecular weight excluding hydrogens is 657 g/mol. The molecule has 8 aromatic rings. The highest BCUT2D eigenvalue weighted by molar-refractivity contribution is 7.80. The van der Waals surface area contributed by atoms with Gasteiger partial charge in [0.05, 0.1) is 0 Å². The first-order chi connectivity index (χ1) is 26.3. The van der Waals surface area contributed by atoms with Crippen LogP contribution in [0.4, 0.5) is 0 Å². The molecule has 0 N–H and O–H groups in total. The second-order valence-electron chi connectivity index (χ2n) is 14.6. The maximum Gasteiger partial charge on any atom is -0.00259 e. The van der Waals surface area contributed by atoms with Gasteiger partial charge in [0.25, 0.3) is 0 Å². The van der Waals surface area contributed by atoms with Crippen molar-refractivity contribution < 1.29 is 0 Å². The smallest absolute Gasteiger partial charge is 0.00259 e. The topological polar surface area (TPSA) is 0 Å². The number of benzene rings is 8. The summed E-state index contributed by atoms with van der Waals surface area (Å²) in [5.41, 5.74) is 11.5. The lowest BCUT2D eigenvalue weighted by Crippen LogP contribution is -1.93. The second kappa shape index (κ2) is 16.7. The van der Waals surface area contributed by atoms with Crippen LogP contribution in [-0.4, -0.2) is 5.75 Å². The molecule has 0 nitrogen and oxygen atoms in total. The van der Waals surface area contributed by atoms with Gasteiger partial charge in [-0.2, -0.15) is 12.6 Å². The van der Waals surface area contributed by atoms with Gasteiger partial charge in [-0.25, -0.2) is 0 Å². The number of aryl methyl sites for hydroxylation is 1. The van der Waals surface area contributed by atoms with Gasteiger partial charge in [-0.3, -0.25) is 0 Å². The molecule has 0 aliphatic carbocycles. The first-order valence-corrected chi connectivity index (χ1v) is 20.2. The van der Waals surface area contributed by atoms with Crippen molar-refractivity contribution in [2.24, 2.45) is 0 Å². The first-order valence-electron chi connectivity index (χ1n) is 19.6. The highest BCUT2D eigenvalue weighted by Crippen LogP contribution is 2.46. The monoisotopic (exact) mass is 704 g/mol. The summed E-state index contributed by atoms with van der Waals surface area (Å²) in [4.78, 5) is 0. The largest absolute Gasteiger partial charge is 0.179 e. The van der Waals surface area contributed by atoms with E-state index in [9.17, 15) is 0 Å². The molecule has 0 saturated heterocycles. The quantitative estimate of drug-likeness (QED) is 0.0650. The van der Waals surface area contributed by atoms with Crippen LogP contribution in [0, 0.1) is 0 Å². The number of rotatable bonds is 14. The van der Waals surface area contributed by atoms with Crippen LogP contribution in [0.5, 0.6) is 0 Å². The normalized spacial score (nSPS) is 11.5. The maximum atomic E-state index is 4.35. The van der Waals surface area contributed by atoms with E-state index in [-0.39, 0.29) is 0 Å². The average Bonchev–Trinajstić information content (AvgIpc) is 3.22. The Morgan fingerprint density at radius 1 is 0.302 bits per heavy atom. The average molecular weight is 705 g/mol. The molecule has 0 radical (unpaired) electrons. The van der Waals surface area contributed by atoms with Crippen LogP contribution in [0.15, 0.2) is 164 Å². The minimum absolute atomic E-state index is 1.02. The van der Waals surface area contributed by atoms with Crippen LogP contribution in [0.1, 0.15) is 56.9 Å². The SMILES string of the molecule is SCCCCCCCCCCc1ccc(-c2c3ccc(-c4ccccc4)cc3c(-c3ccc4ccccc4c3)c3ccc(-c4ccccc4)cc23)cc1. The Hall–Kier alpha value is -5.11. The number of unbranched alkanes of at least 4 members (excludes halogenated alkanes) is 7. The fraction of sp³-hybridized carbons (Fsp3) is 0.192. The van der Waals surface area contributed by atoms with Gasteiger partial charge in [-0.15, -0.1) is 0 Å². The van der Waals surface area contributed by atoms with Crippen LogP contribution in [0.3, 0.4) is 0 Å². The molecule has 0 aromatic heterocycles. The van der Waals surface area contributed by atoms with Crippen molar-refractivity contribution in [3.8, 4) is 44.5 Å². The summed E-state index contributed by atoms with van der Waals surface area (Å²) in [5, 5.41) is 7.66. The second-order valence-corrected chi connectivity index (χ2v) is 15.0. The van der Waals surface area contributed by atoms with Crippen molar-refractivity contribution in [1.82, 2.24) is 0 Å². The van der Waals surface area contributed by atoms with E-state index in [0.29, 0.717) is 0 Å². The van der Waals surface area contributed by atoms with Gasteiger partial charge in [0.15, 0.2) is 0 Å². The summed E-state index contributed by atoms with van der Waals surface area (Å²) in [6.45, 7) is 0. The Kier molecular flexibility index (Phi) is 11.0. The lowest BCUT2D eigenvalue weighted by molar-refractivity contribution is 0.577. The van der Waals surface area contributed by atoms with Crippen molar-refractivity contribution >= 4 is 44.9 Å². The molecule has 0 unspecified atom stereocenters. The molecule has 0 amide bonds. The highest BCUT2D eigenvalue weighted by Gasteiger charge is 2.19. The molecule has 0 bridgehead atoms. The third-order valence-corrected chi connectivity index (χ3v) is 11.3. The Balaban J connectivity index is 1.25. The Morgan fingerprint density at radius 3 is 1.36 bits per heavy atom. The predicted molar refractivity (Wildman–Crippen MR) is 235 cm³/mol. The van der Waals surface area contributed by atoms with Crippen LogP contribution >= 0.6 is 12.6 Å². The number of fused-ring (bicyclic) bond motifs is 3. The maximum absolute atomic E-state index is 4.35. The van der Waals surface area contributed by atoms with Gasteiger partial charge in [-0.1, -0.05) is 184 Å². The van der Waals surface area contributed by atoms with E-state index in [2.05, 4.69) is 176 Å². The lowest BCUT2D eigenvalue weighted by Gasteiger charge is -2.20. The molecule has 53 heavy (non-hydrogen) atoms. The van der Waals surface area contributed by atoms with E-state index >= 15 is 0 Å². The van der Waals surface area contributed by atoms with Crippen molar-refractivity contribution in [3.63, 3.8) is 0 Å². The van der Waals surface area contributed by atoms with E-state index < -0.39 is 0 Å². The summed E-state index contributed by atoms with van der Waals surface area (Å²) in [6.07, 6.45) is 11.7. The van der Waals surface area contributed by atoms with E-state index in [0.717, 1.165) is 12.2 Å². The molecule has 0 aliphatic rings. The summed E-state index contributed by atoms with van der Waals surface area (Å²) in [6, 6.07) is 61.0. The summed E-state index contributed by atoms with van der Waals surface area (Å²) in [5.74, 6) is 1.02. The Bertz CT molecular complexity index is 2440. The minimum atomic E-state index is 1.02. The highest BCUT2D eigenvalue weighted by atomic mass is 32.1. The van der Waals surface area contributed by atoms with Crippen LogP contribution in [-0.2, 0) is 6.42 Å². The molecule has 0 aliphatic heterocycles. The molecular formula is C52H48S. The molecule has 0 spiro atoms. The predicted octanol–water partition coefficient (Wildman–Crippen LogP) is 15.4. The number of hydrogen-bond acceptors (Lipinski definition) is 1. The van der Waals surface area contributed by atoms with Crippen LogP contribution in [0.2, 0.25) is 0 Å². The standard InChI is InChI=1S/C52H48S/c53-34-16-6-4-2-1-3-5-9-17-38-24-26-42(27-25-38)51-47-32-30-45(40-20-12-8-13-21-40)37-50(47)52(46-29-28-41-22-14-15-23-43(41)35-46)48-33-31-44(36-49(48)51)39-18-10-7-11-19-39/h7-8,10-15,18-33,35-37,53H,1-6,9,16-17,34H2. The fourth-order valence-corrected chi connectivity index (χ4v) is 8.38. The van der Waals surface area contributed by atoms with Crippen molar-refractivity contribution in [3.05, 3.63) is 169 Å². The number of hydrogen-bond donors (Lipinski definition) is 1. The molecule has 0 fully saturated rings. The third kappa shape index (κ3) is 7.82. The zero-order valence-corrected chi connectivity index (χ0v) is 31.5. The molecule has 0 saturated carbocycles. The summed E-state index contributed by atoms with van der Waals surface area (Å²) < 4.78 is 0. The fourth-order valence-electron chi connectivity index (χ4n) is 8.16. The Labute approximate surface area is 321 Å². The Morgan fingerprint density at radius 2 is 0.774 bits per heavy atom. The van der Waals surface area contributed by atoms with Crippen molar-refractivity contribution in [1.29, 1.82) is 0 Å². The number of thiol groups is 1.